The van der Waals surface area contributed by atoms with Crippen LogP contribution in [0.2, 0.25) is 0 Å². The molecule has 0 spiro atoms. The number of oxazole rings is 1. The lowest BCUT2D eigenvalue weighted by Gasteiger charge is -2.31. The molecule has 1 fully saturated rings. The van der Waals surface area contributed by atoms with Gasteiger partial charge in [-0.1, -0.05) is 29.8 Å². The van der Waals surface area contributed by atoms with Crippen LogP contribution in [0.3, 0.4) is 0 Å². The topological polar surface area (TPSA) is 66.6 Å². The molecule has 1 aliphatic rings. The van der Waals surface area contributed by atoms with Crippen LogP contribution in [-0.4, -0.2) is 29.1 Å². The number of carbonyl (C=O) groups is 1. The number of carboxylic acids is 1. The van der Waals surface area contributed by atoms with Gasteiger partial charge >= 0.3 is 12.1 Å². The maximum Gasteiger partial charge on any atom is 0.437 e. The molecule has 1 aromatic carbocycles. The summed E-state index contributed by atoms with van der Waals surface area (Å²) in [6.45, 7) is 2.91. The standard InChI is InChI=1S/C17H17F3N2O3/c1-10-2-4-11(5-3-10)12-6-8-22(9-7-12)16-21-14(17(18,19)20)13(25-16)15(23)24/h2-5,12H,6-9H2,1H3,(H,23,24). The summed E-state index contributed by atoms with van der Waals surface area (Å²) in [4.78, 5) is 15.9. The number of aromatic carboxylic acids is 1. The first-order valence-electron chi connectivity index (χ1n) is 7.88. The molecular formula is C17H17F3N2O3. The van der Waals surface area contributed by atoms with Crippen LogP contribution in [0.1, 0.15) is 46.1 Å². The smallest absolute Gasteiger partial charge is 0.437 e. The van der Waals surface area contributed by atoms with Crippen LogP contribution < -0.4 is 4.90 Å². The third-order valence-corrected chi connectivity index (χ3v) is 4.39. The van der Waals surface area contributed by atoms with Gasteiger partial charge in [-0.3, -0.25) is 0 Å². The van der Waals surface area contributed by atoms with Crippen molar-refractivity contribution in [1.29, 1.82) is 0 Å². The molecule has 0 amide bonds. The van der Waals surface area contributed by atoms with Crippen LogP contribution in [0.4, 0.5) is 19.2 Å². The van der Waals surface area contributed by atoms with E-state index >= 15 is 0 Å². The predicted octanol–water partition coefficient (Wildman–Crippen LogP) is 4.08. The van der Waals surface area contributed by atoms with E-state index in [-0.39, 0.29) is 6.01 Å². The van der Waals surface area contributed by atoms with Crippen LogP contribution in [0.5, 0.6) is 0 Å². The van der Waals surface area contributed by atoms with E-state index in [4.69, 9.17) is 9.52 Å². The third kappa shape index (κ3) is 3.62. The second-order valence-electron chi connectivity index (χ2n) is 6.15. The van der Waals surface area contributed by atoms with Gasteiger partial charge in [0.25, 0.3) is 6.01 Å². The first-order chi connectivity index (χ1) is 11.8. The molecule has 2 aromatic rings. The molecule has 1 N–H and O–H groups in total. The molecule has 0 bridgehead atoms. The van der Waals surface area contributed by atoms with E-state index in [9.17, 15) is 18.0 Å². The second-order valence-corrected chi connectivity index (χ2v) is 6.15. The minimum absolute atomic E-state index is 0.285. The van der Waals surface area contributed by atoms with Crippen LogP contribution in [0.25, 0.3) is 0 Å². The van der Waals surface area contributed by atoms with Crippen molar-refractivity contribution in [2.75, 3.05) is 18.0 Å². The van der Waals surface area contributed by atoms with Gasteiger partial charge in [0.15, 0.2) is 5.69 Å². The van der Waals surface area contributed by atoms with Crippen LogP contribution in [0, 0.1) is 6.92 Å². The van der Waals surface area contributed by atoms with Crippen molar-refractivity contribution in [3.05, 3.63) is 46.8 Å². The molecule has 1 aliphatic heterocycles. The zero-order valence-electron chi connectivity index (χ0n) is 13.5. The van der Waals surface area contributed by atoms with Crippen LogP contribution in [0.15, 0.2) is 28.7 Å². The molecule has 1 aromatic heterocycles. The van der Waals surface area contributed by atoms with Gasteiger partial charge < -0.3 is 14.4 Å². The summed E-state index contributed by atoms with van der Waals surface area (Å²) in [7, 11) is 0. The average Bonchev–Trinajstić information content (AvgIpc) is 3.02. The molecule has 134 valence electrons. The zero-order valence-corrected chi connectivity index (χ0v) is 13.5. The number of rotatable bonds is 3. The largest absolute Gasteiger partial charge is 0.475 e. The van der Waals surface area contributed by atoms with E-state index in [0.717, 1.165) is 12.8 Å². The number of hydrogen-bond donors (Lipinski definition) is 1. The van der Waals surface area contributed by atoms with Gasteiger partial charge in [0.2, 0.25) is 5.76 Å². The molecule has 0 saturated carbocycles. The van der Waals surface area contributed by atoms with Gasteiger partial charge in [0, 0.05) is 13.1 Å². The van der Waals surface area contributed by atoms with Crippen molar-refractivity contribution in [1.82, 2.24) is 4.98 Å². The summed E-state index contributed by atoms with van der Waals surface area (Å²) in [6.07, 6.45) is -3.40. The number of benzene rings is 1. The fourth-order valence-corrected chi connectivity index (χ4v) is 3.02. The number of hydrogen-bond acceptors (Lipinski definition) is 4. The van der Waals surface area contributed by atoms with Crippen molar-refractivity contribution in [2.45, 2.75) is 31.9 Å². The molecule has 0 aliphatic carbocycles. The number of alkyl halides is 3. The molecule has 8 heteroatoms. The minimum atomic E-state index is -4.87. The van der Waals surface area contributed by atoms with E-state index < -0.39 is 23.6 Å². The minimum Gasteiger partial charge on any atom is -0.475 e. The predicted molar refractivity (Wildman–Crippen MR) is 83.8 cm³/mol. The third-order valence-electron chi connectivity index (χ3n) is 4.39. The quantitative estimate of drug-likeness (QED) is 0.899. The number of aryl methyl sites for hydroxylation is 1. The van der Waals surface area contributed by atoms with Gasteiger partial charge in [-0.2, -0.15) is 18.2 Å². The Balaban J connectivity index is 1.75. The zero-order chi connectivity index (χ0) is 18.2. The fourth-order valence-electron chi connectivity index (χ4n) is 3.02. The van der Waals surface area contributed by atoms with Gasteiger partial charge in [-0.15, -0.1) is 0 Å². The lowest BCUT2D eigenvalue weighted by molar-refractivity contribution is -0.141. The van der Waals surface area contributed by atoms with E-state index in [1.54, 1.807) is 4.90 Å². The number of anilines is 1. The van der Waals surface area contributed by atoms with Crippen LogP contribution in [-0.2, 0) is 6.18 Å². The molecular weight excluding hydrogens is 337 g/mol. The summed E-state index contributed by atoms with van der Waals surface area (Å²) in [5, 5.41) is 8.90. The molecule has 2 heterocycles. The molecule has 0 atom stereocenters. The normalized spacial score (nSPS) is 16.2. The number of nitrogens with zero attached hydrogens (tertiary/aromatic N) is 2. The highest BCUT2D eigenvalue weighted by Crippen LogP contribution is 2.36. The van der Waals surface area contributed by atoms with Gasteiger partial charge in [-0.05, 0) is 31.2 Å². The second kappa shape index (κ2) is 6.42. The molecule has 5 nitrogen and oxygen atoms in total. The molecule has 0 unspecified atom stereocenters. The molecule has 25 heavy (non-hydrogen) atoms. The SMILES string of the molecule is Cc1ccc(C2CCN(c3nc(C(F)(F)F)c(C(=O)O)o3)CC2)cc1. The van der Waals surface area contributed by atoms with Crippen molar-refractivity contribution in [3.8, 4) is 0 Å². The van der Waals surface area contributed by atoms with Crippen molar-refractivity contribution in [3.63, 3.8) is 0 Å². The Morgan fingerprint density at radius 2 is 1.84 bits per heavy atom. The maximum atomic E-state index is 12.9. The summed E-state index contributed by atoms with van der Waals surface area (Å²) in [5.41, 5.74) is 0.873. The number of aromatic nitrogens is 1. The Hall–Kier alpha value is -2.51. The highest BCUT2D eigenvalue weighted by molar-refractivity contribution is 5.86. The lowest BCUT2D eigenvalue weighted by atomic mass is 9.89. The first kappa shape index (κ1) is 17.3. The highest BCUT2D eigenvalue weighted by atomic mass is 19.4. The van der Waals surface area contributed by atoms with Gasteiger partial charge in [0.05, 0.1) is 0 Å². The Morgan fingerprint density at radius 3 is 2.32 bits per heavy atom. The number of piperidine rings is 1. The Labute approximate surface area is 142 Å². The first-order valence-corrected chi connectivity index (χ1v) is 7.88. The summed E-state index contributed by atoms with van der Waals surface area (Å²) >= 11 is 0. The number of carboxylic acid groups (broad SMARTS) is 1. The van der Waals surface area contributed by atoms with Crippen molar-refractivity contribution < 1.29 is 27.5 Å². The van der Waals surface area contributed by atoms with Crippen molar-refractivity contribution >= 4 is 12.0 Å². The monoisotopic (exact) mass is 354 g/mol. The molecule has 3 rings (SSSR count). The van der Waals surface area contributed by atoms with E-state index in [2.05, 4.69) is 17.1 Å². The van der Waals surface area contributed by atoms with E-state index in [1.807, 2.05) is 19.1 Å². The highest BCUT2D eigenvalue weighted by Gasteiger charge is 2.42. The molecule has 0 radical (unpaired) electrons. The van der Waals surface area contributed by atoms with Crippen LogP contribution >= 0.6 is 0 Å². The number of halogens is 3. The Kier molecular flexibility index (Phi) is 4.45. The maximum absolute atomic E-state index is 12.9. The van der Waals surface area contributed by atoms with E-state index in [0.29, 0.717) is 19.0 Å². The summed E-state index contributed by atoms with van der Waals surface area (Å²) < 4.78 is 43.6. The molecule has 1 saturated heterocycles. The lowest BCUT2D eigenvalue weighted by Crippen LogP contribution is -2.33. The van der Waals surface area contributed by atoms with Gasteiger partial charge in [-0.25, -0.2) is 4.79 Å². The summed E-state index contributed by atoms with van der Waals surface area (Å²) in [5.74, 6) is -2.63. The Morgan fingerprint density at radius 1 is 1.24 bits per heavy atom. The summed E-state index contributed by atoms with van der Waals surface area (Å²) in [6, 6.07) is 7.90. The fraction of sp³-hybridized carbons (Fsp3) is 0.412. The Bertz CT molecular complexity index is 760. The van der Waals surface area contributed by atoms with E-state index in [1.165, 1.54) is 11.1 Å². The average molecular weight is 354 g/mol. The van der Waals surface area contributed by atoms with Crippen molar-refractivity contribution in [2.24, 2.45) is 0 Å². The van der Waals surface area contributed by atoms with Gasteiger partial charge in [0.1, 0.15) is 0 Å².